The molecule has 1 saturated heterocycles. The smallest absolute Gasteiger partial charge is 0.164 e. The van der Waals surface area contributed by atoms with Crippen molar-refractivity contribution in [3.8, 4) is 5.75 Å². The second kappa shape index (κ2) is 7.41. The summed E-state index contributed by atoms with van der Waals surface area (Å²) in [6.07, 6.45) is 0.563. The Balaban J connectivity index is 1.89. The Labute approximate surface area is 120 Å². The van der Waals surface area contributed by atoms with Gasteiger partial charge in [0.25, 0.3) is 0 Å². The Bertz CT molecular complexity index is 453. The van der Waals surface area contributed by atoms with Crippen molar-refractivity contribution in [2.24, 2.45) is 0 Å². The lowest BCUT2D eigenvalue weighted by Crippen LogP contribution is -2.37. The Kier molecular flexibility index (Phi) is 5.56. The van der Waals surface area contributed by atoms with Gasteiger partial charge in [-0.05, 0) is 37.6 Å². The molecule has 1 aromatic rings. The van der Waals surface area contributed by atoms with Gasteiger partial charge in [0.15, 0.2) is 5.78 Å². The maximum atomic E-state index is 12.2. The average molecular weight is 277 g/mol. The highest BCUT2D eigenvalue weighted by Gasteiger charge is 2.13. The Morgan fingerprint density at radius 3 is 2.75 bits per heavy atom. The third-order valence-electron chi connectivity index (χ3n) is 3.56. The van der Waals surface area contributed by atoms with Crippen LogP contribution in [0.4, 0.5) is 0 Å². The summed E-state index contributed by atoms with van der Waals surface area (Å²) in [5, 5.41) is 0. The number of hydrogen-bond donors (Lipinski definition) is 0. The van der Waals surface area contributed by atoms with Crippen LogP contribution in [0.2, 0.25) is 0 Å². The molecule has 0 spiro atoms. The third kappa shape index (κ3) is 4.05. The summed E-state index contributed by atoms with van der Waals surface area (Å²) < 4.78 is 10.8. The maximum absolute atomic E-state index is 12.2. The van der Waals surface area contributed by atoms with Crippen molar-refractivity contribution in [1.82, 2.24) is 4.90 Å². The molecule has 1 aromatic carbocycles. The van der Waals surface area contributed by atoms with Crippen LogP contribution >= 0.6 is 0 Å². The first-order valence-corrected chi connectivity index (χ1v) is 7.27. The van der Waals surface area contributed by atoms with Crippen molar-refractivity contribution in [3.05, 3.63) is 29.3 Å². The molecule has 0 aliphatic carbocycles. The molecule has 0 unspecified atom stereocenters. The van der Waals surface area contributed by atoms with E-state index in [9.17, 15) is 4.79 Å². The molecule has 1 aliphatic heterocycles. The molecule has 110 valence electrons. The highest BCUT2D eigenvalue weighted by molar-refractivity contribution is 5.96. The first-order chi connectivity index (χ1) is 9.70. The van der Waals surface area contributed by atoms with Crippen molar-refractivity contribution in [3.63, 3.8) is 0 Å². The zero-order chi connectivity index (χ0) is 14.4. The van der Waals surface area contributed by atoms with Crippen molar-refractivity contribution < 1.29 is 14.3 Å². The minimum absolute atomic E-state index is 0.197. The molecule has 0 saturated carbocycles. The maximum Gasteiger partial charge on any atom is 0.164 e. The van der Waals surface area contributed by atoms with Crippen LogP contribution in [0.25, 0.3) is 0 Å². The Hall–Kier alpha value is -1.39. The van der Waals surface area contributed by atoms with Crippen molar-refractivity contribution in [2.45, 2.75) is 20.3 Å². The number of hydrogen-bond acceptors (Lipinski definition) is 4. The summed E-state index contributed by atoms with van der Waals surface area (Å²) >= 11 is 0. The summed E-state index contributed by atoms with van der Waals surface area (Å²) in [5.74, 6) is 1.06. The lowest BCUT2D eigenvalue weighted by atomic mass is 10.0. The Morgan fingerprint density at radius 1 is 1.35 bits per heavy atom. The summed E-state index contributed by atoms with van der Waals surface area (Å²) in [6, 6.07) is 5.67. The molecular weight excluding hydrogens is 254 g/mol. The number of carbonyl (C=O) groups is 1. The molecule has 2 rings (SSSR count). The lowest BCUT2D eigenvalue weighted by Gasteiger charge is -2.26. The van der Waals surface area contributed by atoms with Gasteiger partial charge in [0, 0.05) is 31.6 Å². The van der Waals surface area contributed by atoms with E-state index in [1.54, 1.807) is 0 Å². The average Bonchev–Trinajstić information content (AvgIpc) is 2.48. The Morgan fingerprint density at radius 2 is 2.10 bits per heavy atom. The van der Waals surface area contributed by atoms with Gasteiger partial charge in [0.05, 0.1) is 19.8 Å². The van der Waals surface area contributed by atoms with Crippen LogP contribution in [0.15, 0.2) is 18.2 Å². The zero-order valence-corrected chi connectivity index (χ0v) is 12.4. The topological polar surface area (TPSA) is 38.8 Å². The molecule has 4 heteroatoms. The second-order valence-electron chi connectivity index (χ2n) is 5.04. The minimum Gasteiger partial charge on any atom is -0.494 e. The van der Waals surface area contributed by atoms with Gasteiger partial charge in [0.2, 0.25) is 0 Å². The van der Waals surface area contributed by atoms with Gasteiger partial charge in [0.1, 0.15) is 5.75 Å². The summed E-state index contributed by atoms with van der Waals surface area (Å²) in [7, 11) is 0. The number of rotatable bonds is 6. The summed E-state index contributed by atoms with van der Waals surface area (Å²) in [4.78, 5) is 14.5. The molecule has 0 atom stereocenters. The number of Topliss-reactive ketones (excluding diaryl/α,β-unsaturated/α-hetero) is 1. The van der Waals surface area contributed by atoms with E-state index in [-0.39, 0.29) is 5.78 Å². The molecule has 0 bridgehead atoms. The molecule has 0 amide bonds. The minimum atomic E-state index is 0.197. The summed E-state index contributed by atoms with van der Waals surface area (Å²) in [6.45, 7) is 8.79. The molecule has 0 aromatic heterocycles. The van der Waals surface area contributed by atoms with Gasteiger partial charge in [-0.3, -0.25) is 9.69 Å². The zero-order valence-electron chi connectivity index (χ0n) is 12.4. The van der Waals surface area contributed by atoms with Crippen LogP contribution in [0.5, 0.6) is 5.75 Å². The number of nitrogens with zero attached hydrogens (tertiary/aromatic N) is 1. The van der Waals surface area contributed by atoms with Crippen molar-refractivity contribution >= 4 is 5.78 Å². The van der Waals surface area contributed by atoms with Crippen molar-refractivity contribution in [2.75, 3.05) is 39.5 Å². The SMILES string of the molecule is CCOc1ccc(C(=O)CCN2CCOCC2)cc1C. The molecule has 0 N–H and O–H groups in total. The number of ketones is 1. The number of morpholine rings is 1. The highest BCUT2D eigenvalue weighted by Crippen LogP contribution is 2.20. The molecule has 1 fully saturated rings. The predicted molar refractivity (Wildman–Crippen MR) is 78.6 cm³/mol. The van der Waals surface area contributed by atoms with Gasteiger partial charge < -0.3 is 9.47 Å². The van der Waals surface area contributed by atoms with E-state index in [1.165, 1.54) is 0 Å². The first kappa shape index (κ1) is 15.0. The number of ether oxygens (including phenoxy) is 2. The van der Waals surface area contributed by atoms with E-state index in [2.05, 4.69) is 4.90 Å². The highest BCUT2D eigenvalue weighted by atomic mass is 16.5. The van der Waals surface area contributed by atoms with Crippen LogP contribution in [-0.4, -0.2) is 50.1 Å². The van der Waals surface area contributed by atoms with Gasteiger partial charge >= 0.3 is 0 Å². The molecular formula is C16H23NO3. The van der Waals surface area contributed by atoms with E-state index in [4.69, 9.17) is 9.47 Å². The third-order valence-corrected chi connectivity index (χ3v) is 3.56. The molecule has 1 aliphatic rings. The van der Waals surface area contributed by atoms with E-state index in [1.807, 2.05) is 32.0 Å². The fraction of sp³-hybridized carbons (Fsp3) is 0.562. The monoisotopic (exact) mass is 277 g/mol. The van der Waals surface area contributed by atoms with E-state index < -0.39 is 0 Å². The first-order valence-electron chi connectivity index (χ1n) is 7.27. The van der Waals surface area contributed by atoms with Crippen LogP contribution in [-0.2, 0) is 4.74 Å². The standard InChI is InChI=1S/C16H23NO3/c1-3-20-16-5-4-14(12-13(16)2)15(18)6-7-17-8-10-19-11-9-17/h4-5,12H,3,6-11H2,1-2H3. The lowest BCUT2D eigenvalue weighted by molar-refractivity contribution is 0.0370. The van der Waals surface area contributed by atoms with Gasteiger partial charge in [-0.15, -0.1) is 0 Å². The van der Waals surface area contributed by atoms with E-state index in [0.29, 0.717) is 13.0 Å². The molecule has 0 radical (unpaired) electrons. The quantitative estimate of drug-likeness (QED) is 0.748. The van der Waals surface area contributed by atoms with E-state index >= 15 is 0 Å². The van der Waals surface area contributed by atoms with Gasteiger partial charge in [-0.2, -0.15) is 0 Å². The van der Waals surface area contributed by atoms with Crippen LogP contribution < -0.4 is 4.74 Å². The van der Waals surface area contributed by atoms with Crippen molar-refractivity contribution in [1.29, 1.82) is 0 Å². The molecule has 1 heterocycles. The van der Waals surface area contributed by atoms with Crippen LogP contribution in [0, 0.1) is 6.92 Å². The van der Waals surface area contributed by atoms with E-state index in [0.717, 1.165) is 49.7 Å². The molecule has 4 nitrogen and oxygen atoms in total. The van der Waals surface area contributed by atoms with Gasteiger partial charge in [-0.25, -0.2) is 0 Å². The second-order valence-corrected chi connectivity index (χ2v) is 5.04. The number of benzene rings is 1. The molecule has 20 heavy (non-hydrogen) atoms. The largest absolute Gasteiger partial charge is 0.494 e. The fourth-order valence-electron chi connectivity index (χ4n) is 2.37. The number of carbonyl (C=O) groups excluding carboxylic acids is 1. The fourth-order valence-corrected chi connectivity index (χ4v) is 2.37. The predicted octanol–water partition coefficient (Wildman–Crippen LogP) is 2.30. The number of aryl methyl sites for hydroxylation is 1. The van der Waals surface area contributed by atoms with Crippen LogP contribution in [0.1, 0.15) is 29.3 Å². The normalized spacial score (nSPS) is 16.1. The van der Waals surface area contributed by atoms with Crippen LogP contribution in [0.3, 0.4) is 0 Å². The van der Waals surface area contributed by atoms with Gasteiger partial charge in [-0.1, -0.05) is 0 Å². The summed E-state index contributed by atoms with van der Waals surface area (Å²) in [5.41, 5.74) is 1.79.